The molecule has 1 unspecified atom stereocenters. The van der Waals surface area contributed by atoms with E-state index in [4.69, 9.17) is 9.47 Å². The molecule has 10 nitrogen and oxygen atoms in total. The lowest BCUT2D eigenvalue weighted by Crippen LogP contribution is -2.58. The number of carbonyl (C=O) groups is 4. The van der Waals surface area contributed by atoms with Gasteiger partial charge in [0.25, 0.3) is 0 Å². The minimum absolute atomic E-state index is 0.0640. The van der Waals surface area contributed by atoms with Crippen LogP contribution in [0.4, 0.5) is 0 Å². The van der Waals surface area contributed by atoms with Gasteiger partial charge in [-0.25, -0.2) is 0 Å². The van der Waals surface area contributed by atoms with Gasteiger partial charge in [-0.1, -0.05) is 47.3 Å². The van der Waals surface area contributed by atoms with Crippen molar-refractivity contribution in [2.75, 3.05) is 26.2 Å². The minimum atomic E-state index is -1.15. The van der Waals surface area contributed by atoms with Crippen molar-refractivity contribution in [1.82, 2.24) is 15.1 Å². The van der Waals surface area contributed by atoms with E-state index in [1.165, 1.54) is 0 Å². The van der Waals surface area contributed by atoms with Crippen LogP contribution in [0.25, 0.3) is 0 Å². The molecule has 0 aromatic heterocycles. The second-order valence-corrected chi connectivity index (χ2v) is 13.6. The number of halogens is 1. The second kappa shape index (κ2) is 15.2. The number of hydrogen-bond donors (Lipinski definition) is 2. The number of carbonyl (C=O) groups excluding carboxylic acids is 4. The lowest BCUT2D eigenvalue weighted by molar-refractivity contribution is -0.159. The Morgan fingerprint density at radius 2 is 1.95 bits per heavy atom. The Morgan fingerprint density at radius 1 is 1.21 bits per heavy atom. The molecule has 4 aliphatic rings. The normalized spacial score (nSPS) is 30.5. The fourth-order valence-corrected chi connectivity index (χ4v) is 8.44. The van der Waals surface area contributed by atoms with Crippen molar-refractivity contribution in [2.45, 2.75) is 112 Å². The number of aliphatic hydroxyl groups excluding tert-OH is 1. The van der Waals surface area contributed by atoms with E-state index in [0.717, 1.165) is 32.1 Å². The quantitative estimate of drug-likeness (QED) is 0.112. The summed E-state index contributed by atoms with van der Waals surface area (Å²) in [6, 6.07) is -0.784. The third kappa shape index (κ3) is 7.04. The molecule has 11 heteroatoms. The molecule has 240 valence electrons. The highest BCUT2D eigenvalue weighted by Gasteiger charge is 2.77. The molecular weight excluding hydrogens is 618 g/mol. The predicted molar refractivity (Wildman–Crippen MR) is 165 cm³/mol. The van der Waals surface area contributed by atoms with E-state index in [0.29, 0.717) is 51.6 Å². The number of likely N-dealkylation sites (tertiary alicyclic amines) is 1. The number of nitrogens with one attached hydrogen (secondary N) is 1. The largest absolute Gasteiger partial charge is 0.460 e. The van der Waals surface area contributed by atoms with Gasteiger partial charge in [0.05, 0.1) is 24.5 Å². The van der Waals surface area contributed by atoms with E-state index in [-0.39, 0.29) is 41.7 Å². The zero-order valence-corrected chi connectivity index (χ0v) is 27.0. The highest BCUT2D eigenvalue weighted by atomic mass is 79.9. The fraction of sp³-hybridized carbons (Fsp3) is 0.750. The van der Waals surface area contributed by atoms with Crippen LogP contribution in [-0.4, -0.2) is 99.6 Å². The summed E-state index contributed by atoms with van der Waals surface area (Å²) in [5.74, 6) is -2.81. The molecule has 0 radical (unpaired) electrons. The third-order valence-electron chi connectivity index (χ3n) is 9.46. The Balaban J connectivity index is 1.59. The molecule has 1 aliphatic carbocycles. The molecular formula is C32H48BrN3O7. The maximum atomic E-state index is 14.6. The van der Waals surface area contributed by atoms with Crippen LogP contribution in [0, 0.1) is 11.8 Å². The summed E-state index contributed by atoms with van der Waals surface area (Å²) in [5.41, 5.74) is -1.15. The summed E-state index contributed by atoms with van der Waals surface area (Å²) in [6.45, 7) is 10.2. The molecule has 1 spiro atoms. The Labute approximate surface area is 263 Å². The summed E-state index contributed by atoms with van der Waals surface area (Å²) in [7, 11) is 0. The third-order valence-corrected chi connectivity index (χ3v) is 10.3. The topological polar surface area (TPSA) is 125 Å². The molecule has 4 fully saturated rings. The van der Waals surface area contributed by atoms with Gasteiger partial charge < -0.3 is 29.7 Å². The Morgan fingerprint density at radius 3 is 2.63 bits per heavy atom. The number of aliphatic hydroxyl groups is 1. The van der Waals surface area contributed by atoms with Crippen molar-refractivity contribution in [3.05, 3.63) is 25.3 Å². The molecule has 3 amide bonds. The van der Waals surface area contributed by atoms with E-state index < -0.39 is 41.7 Å². The smallest absolute Gasteiger partial charge is 0.312 e. The van der Waals surface area contributed by atoms with Crippen LogP contribution >= 0.6 is 15.9 Å². The first-order chi connectivity index (χ1) is 20.7. The Hall–Kier alpha value is -2.24. The van der Waals surface area contributed by atoms with Gasteiger partial charge in [0, 0.05) is 37.0 Å². The average Bonchev–Trinajstić information content (AvgIpc) is 3.59. The molecule has 7 atom stereocenters. The highest BCUT2D eigenvalue weighted by Crippen LogP contribution is 2.60. The number of rotatable bonds is 16. The first-order valence-electron chi connectivity index (χ1n) is 15.9. The number of allylic oxidation sites excluding steroid dienone is 1. The van der Waals surface area contributed by atoms with Crippen molar-refractivity contribution in [2.24, 2.45) is 11.8 Å². The molecule has 43 heavy (non-hydrogen) atoms. The van der Waals surface area contributed by atoms with E-state index >= 15 is 0 Å². The second-order valence-electron chi connectivity index (χ2n) is 12.4. The van der Waals surface area contributed by atoms with Crippen LogP contribution < -0.4 is 5.32 Å². The van der Waals surface area contributed by atoms with Gasteiger partial charge in [-0.3, -0.25) is 19.2 Å². The predicted octanol–water partition coefficient (Wildman–Crippen LogP) is 3.26. The van der Waals surface area contributed by atoms with Gasteiger partial charge in [0.15, 0.2) is 0 Å². The maximum Gasteiger partial charge on any atom is 0.312 e. The van der Waals surface area contributed by atoms with Crippen molar-refractivity contribution in [3.63, 3.8) is 0 Å². The number of nitrogens with zero attached hydrogens (tertiary/aromatic N) is 2. The van der Waals surface area contributed by atoms with Crippen LogP contribution in [0.2, 0.25) is 0 Å². The SMILES string of the molecule is C=CCCC(=O)NC[C@@H](C)OC(=O)[C@H]1[C@@H]2O[C@@]3(CC2Br)[C@@H]1C(=O)N(CCCCCO)[C@@H]3C(=O)N(CC=C)C1CCCCC1. The maximum absolute atomic E-state index is 14.6. The lowest BCUT2D eigenvalue weighted by atomic mass is 9.70. The first-order valence-corrected chi connectivity index (χ1v) is 16.8. The zero-order chi connectivity index (χ0) is 31.1. The number of hydrogen-bond acceptors (Lipinski definition) is 7. The van der Waals surface area contributed by atoms with Gasteiger partial charge in [-0.05, 0) is 51.9 Å². The molecule has 0 aromatic rings. The van der Waals surface area contributed by atoms with Crippen LogP contribution in [-0.2, 0) is 28.7 Å². The fourth-order valence-electron chi connectivity index (χ4n) is 7.49. The summed E-state index contributed by atoms with van der Waals surface area (Å²) in [6.07, 6.45) is 10.5. The number of fused-ring (bicyclic) bond motifs is 1. The van der Waals surface area contributed by atoms with Crippen molar-refractivity contribution in [1.29, 1.82) is 0 Å². The van der Waals surface area contributed by atoms with Gasteiger partial charge in [0.2, 0.25) is 17.7 Å². The van der Waals surface area contributed by atoms with Crippen LogP contribution in [0.3, 0.4) is 0 Å². The van der Waals surface area contributed by atoms with E-state index in [1.54, 1.807) is 24.0 Å². The van der Waals surface area contributed by atoms with E-state index in [2.05, 4.69) is 34.4 Å². The summed E-state index contributed by atoms with van der Waals surface area (Å²) < 4.78 is 12.4. The molecule has 2 N–H and O–H groups in total. The molecule has 0 aromatic carbocycles. The van der Waals surface area contributed by atoms with Gasteiger partial charge in [-0.15, -0.1) is 13.2 Å². The number of amides is 3. The van der Waals surface area contributed by atoms with Crippen molar-refractivity contribution in [3.8, 4) is 0 Å². The van der Waals surface area contributed by atoms with Gasteiger partial charge in [0.1, 0.15) is 17.7 Å². The molecule has 3 aliphatic heterocycles. The van der Waals surface area contributed by atoms with Crippen LogP contribution in [0.5, 0.6) is 0 Å². The first kappa shape index (κ1) is 33.6. The lowest BCUT2D eigenvalue weighted by Gasteiger charge is -2.41. The standard InChI is InChI=1S/C32H48BrN3O7/c1-4-6-15-24(38)34-20-21(3)42-31(41)25-26-29(39)36(17-11-8-12-18-37)28(32(26)19-23(33)27(25)43-32)30(40)35(16-5-2)22-13-9-7-10-14-22/h4-5,21-23,25-28,37H,1-2,6-20H2,3H3,(H,34,38)/t21-,23?,25-,26+,27-,28-,32+/m1/s1. The number of unbranched alkanes of at least 4 members (excludes halogenated alkanes) is 2. The summed E-state index contributed by atoms with van der Waals surface area (Å²) in [4.78, 5) is 57.9. The van der Waals surface area contributed by atoms with E-state index in [9.17, 15) is 24.3 Å². The Bertz CT molecular complexity index is 1050. The van der Waals surface area contributed by atoms with Crippen LogP contribution in [0.15, 0.2) is 25.3 Å². The summed E-state index contributed by atoms with van der Waals surface area (Å²) in [5, 5.41) is 12.1. The summed E-state index contributed by atoms with van der Waals surface area (Å²) >= 11 is 3.71. The molecule has 3 saturated heterocycles. The number of esters is 1. The highest BCUT2D eigenvalue weighted by molar-refractivity contribution is 9.09. The molecule has 3 heterocycles. The minimum Gasteiger partial charge on any atom is -0.460 e. The van der Waals surface area contributed by atoms with Crippen molar-refractivity contribution < 1.29 is 33.8 Å². The average molecular weight is 667 g/mol. The zero-order valence-electron chi connectivity index (χ0n) is 25.4. The van der Waals surface area contributed by atoms with Gasteiger partial charge >= 0.3 is 5.97 Å². The van der Waals surface area contributed by atoms with Crippen molar-refractivity contribution >= 4 is 39.6 Å². The van der Waals surface area contributed by atoms with Crippen LogP contribution in [0.1, 0.15) is 77.6 Å². The van der Waals surface area contributed by atoms with E-state index in [1.807, 2.05) is 4.90 Å². The molecule has 1 saturated carbocycles. The number of ether oxygens (including phenoxy) is 2. The van der Waals surface area contributed by atoms with Gasteiger partial charge in [-0.2, -0.15) is 0 Å². The Kier molecular flexibility index (Phi) is 11.9. The number of alkyl halides is 1. The molecule has 2 bridgehead atoms. The monoisotopic (exact) mass is 665 g/mol. The molecule has 4 rings (SSSR count).